The Balaban J connectivity index is 1.58. The van der Waals surface area contributed by atoms with Crippen molar-refractivity contribution in [2.45, 2.75) is 0 Å². The minimum Gasteiger partial charge on any atom is -0.493 e. The van der Waals surface area contributed by atoms with E-state index in [0.29, 0.717) is 22.4 Å². The van der Waals surface area contributed by atoms with Crippen LogP contribution in [0.15, 0.2) is 76.4 Å². The van der Waals surface area contributed by atoms with Crippen molar-refractivity contribution in [1.29, 1.82) is 0 Å². The first-order chi connectivity index (χ1) is 15.9. The third-order valence-corrected chi connectivity index (χ3v) is 4.60. The zero-order chi connectivity index (χ0) is 23.4. The van der Waals surface area contributed by atoms with Gasteiger partial charge in [-0.1, -0.05) is 18.2 Å². The molecule has 4 N–H and O–H groups in total. The van der Waals surface area contributed by atoms with Crippen LogP contribution in [-0.4, -0.2) is 23.9 Å². The van der Waals surface area contributed by atoms with Crippen LogP contribution >= 0.6 is 0 Å². The fourth-order valence-corrected chi connectivity index (χ4v) is 3.02. The molecule has 9 nitrogen and oxygen atoms in total. The molecular formula is C23H18FN5O4. The van der Waals surface area contributed by atoms with Crippen LogP contribution in [0.2, 0.25) is 0 Å². The lowest BCUT2D eigenvalue weighted by molar-refractivity contribution is 0.0994. The Morgan fingerprint density at radius 1 is 1.12 bits per heavy atom. The molecule has 0 saturated heterocycles. The van der Waals surface area contributed by atoms with E-state index in [1.807, 2.05) is 0 Å². The van der Waals surface area contributed by atoms with Gasteiger partial charge in [-0.05, 0) is 42.5 Å². The highest BCUT2D eigenvalue weighted by Gasteiger charge is 2.12. The summed E-state index contributed by atoms with van der Waals surface area (Å²) in [6.07, 6.45) is 1.32. The van der Waals surface area contributed by atoms with Crippen molar-refractivity contribution in [2.24, 2.45) is 10.8 Å². The summed E-state index contributed by atoms with van der Waals surface area (Å²) in [4.78, 5) is 28.3. The predicted molar refractivity (Wildman–Crippen MR) is 119 cm³/mol. The van der Waals surface area contributed by atoms with Crippen LogP contribution < -0.4 is 26.8 Å². The molecule has 0 radical (unpaired) electrons. The van der Waals surface area contributed by atoms with E-state index in [9.17, 15) is 14.0 Å². The summed E-state index contributed by atoms with van der Waals surface area (Å²) in [6, 6.07) is 15.3. The lowest BCUT2D eigenvalue weighted by Crippen LogP contribution is -2.23. The van der Waals surface area contributed by atoms with E-state index in [4.69, 9.17) is 14.9 Å². The van der Waals surface area contributed by atoms with Crippen LogP contribution in [-0.2, 0) is 0 Å². The number of nitrogens with two attached hydrogens (primary N) is 1. The molecule has 0 aliphatic carbocycles. The third kappa shape index (κ3) is 4.79. The van der Waals surface area contributed by atoms with Gasteiger partial charge in [0, 0.05) is 17.3 Å². The Labute approximate surface area is 186 Å². The summed E-state index contributed by atoms with van der Waals surface area (Å²) in [5.41, 5.74) is 9.11. The molecule has 0 bridgehead atoms. The number of primary amides is 1. The van der Waals surface area contributed by atoms with Crippen molar-refractivity contribution in [3.63, 3.8) is 0 Å². The number of hydrogen-bond acceptors (Lipinski definition) is 7. The van der Waals surface area contributed by atoms with Crippen molar-refractivity contribution in [2.75, 3.05) is 17.9 Å². The molecule has 10 heteroatoms. The number of anilines is 2. The highest BCUT2D eigenvalue weighted by atomic mass is 19.1. The van der Waals surface area contributed by atoms with E-state index in [-0.39, 0.29) is 22.5 Å². The summed E-state index contributed by atoms with van der Waals surface area (Å²) >= 11 is 0. The van der Waals surface area contributed by atoms with Gasteiger partial charge in [-0.3, -0.25) is 15.0 Å². The number of rotatable bonds is 6. The van der Waals surface area contributed by atoms with Crippen molar-refractivity contribution in [1.82, 2.24) is 4.98 Å². The molecule has 4 rings (SSSR count). The number of carbonyl (C=O) groups is 2. The number of halogens is 1. The van der Waals surface area contributed by atoms with Gasteiger partial charge in [0.15, 0.2) is 11.3 Å². The van der Waals surface area contributed by atoms with E-state index in [1.165, 1.54) is 43.6 Å². The van der Waals surface area contributed by atoms with Gasteiger partial charge in [-0.15, -0.1) is 5.10 Å². The van der Waals surface area contributed by atoms with Crippen LogP contribution in [0.1, 0.15) is 20.7 Å². The second-order valence-electron chi connectivity index (χ2n) is 6.83. The molecule has 2 aromatic carbocycles. The van der Waals surface area contributed by atoms with Crippen LogP contribution in [0.25, 0.3) is 11.0 Å². The Morgan fingerprint density at radius 2 is 1.94 bits per heavy atom. The molecule has 0 saturated carbocycles. The number of pyridine rings is 1. The molecule has 0 spiro atoms. The van der Waals surface area contributed by atoms with Crippen LogP contribution in [0.5, 0.6) is 5.75 Å². The normalized spacial score (nSPS) is 11.3. The lowest BCUT2D eigenvalue weighted by Gasteiger charge is -2.07. The van der Waals surface area contributed by atoms with Gasteiger partial charge < -0.3 is 20.2 Å². The summed E-state index contributed by atoms with van der Waals surface area (Å²) in [6.45, 7) is 0. The van der Waals surface area contributed by atoms with Gasteiger partial charge in [-0.25, -0.2) is 9.37 Å². The fraction of sp³-hybridized carbons (Fsp3) is 0.0435. The molecule has 0 atom stereocenters. The average molecular weight is 447 g/mol. The Hall–Kier alpha value is -4.73. The van der Waals surface area contributed by atoms with Gasteiger partial charge >= 0.3 is 0 Å². The minimum atomic E-state index is -0.721. The summed E-state index contributed by atoms with van der Waals surface area (Å²) < 4.78 is 24.3. The van der Waals surface area contributed by atoms with Crippen molar-refractivity contribution in [3.05, 3.63) is 89.4 Å². The third-order valence-electron chi connectivity index (χ3n) is 4.60. The lowest BCUT2D eigenvalue weighted by atomic mass is 10.1. The number of ether oxygens (including phenoxy) is 1. The number of benzene rings is 2. The number of hydrogen-bond donors (Lipinski definition) is 3. The number of para-hydroxylation sites is 1. The van der Waals surface area contributed by atoms with Crippen LogP contribution in [0, 0.1) is 5.82 Å². The maximum Gasteiger partial charge on any atom is 0.257 e. The SMILES string of the molecule is COc1cccc2cc(C(N)=O)/c(=N/Nc3ccc(C(=O)Nc4cccc(F)c4)cn3)oc12. The first-order valence-corrected chi connectivity index (χ1v) is 9.68. The molecule has 0 aliphatic rings. The first kappa shape index (κ1) is 21.5. The number of nitrogens with one attached hydrogen (secondary N) is 2. The molecule has 0 unspecified atom stereocenters. The highest BCUT2D eigenvalue weighted by molar-refractivity contribution is 6.04. The highest BCUT2D eigenvalue weighted by Crippen LogP contribution is 2.24. The standard InChI is InChI=1S/C23H18FN5O4/c1-32-18-7-2-4-13-10-17(21(25)30)23(33-20(13)18)29-28-19-9-8-14(12-26-19)22(31)27-16-6-3-5-15(24)11-16/h2-12H,1H3,(H2,25,30)(H,26,28)(H,27,31)/b29-23-. The van der Waals surface area contributed by atoms with Gasteiger partial charge in [0.25, 0.3) is 11.8 Å². The van der Waals surface area contributed by atoms with Crippen molar-refractivity contribution in [3.8, 4) is 5.75 Å². The molecule has 2 amide bonds. The quantitative estimate of drug-likeness (QED) is 0.389. The van der Waals surface area contributed by atoms with Gasteiger partial charge in [0.1, 0.15) is 17.2 Å². The van der Waals surface area contributed by atoms with E-state index in [1.54, 1.807) is 30.3 Å². The summed E-state index contributed by atoms with van der Waals surface area (Å²) in [7, 11) is 1.50. The van der Waals surface area contributed by atoms with E-state index >= 15 is 0 Å². The molecule has 33 heavy (non-hydrogen) atoms. The number of aromatic nitrogens is 1. The maximum absolute atomic E-state index is 13.3. The van der Waals surface area contributed by atoms with E-state index in [2.05, 4.69) is 20.8 Å². The van der Waals surface area contributed by atoms with Crippen LogP contribution in [0.4, 0.5) is 15.9 Å². The van der Waals surface area contributed by atoms with Gasteiger partial charge in [0.2, 0.25) is 5.55 Å². The van der Waals surface area contributed by atoms with E-state index in [0.717, 1.165) is 0 Å². The molecule has 4 aromatic rings. The Morgan fingerprint density at radius 3 is 2.64 bits per heavy atom. The summed E-state index contributed by atoms with van der Waals surface area (Å²) in [5, 5.41) is 7.30. The molecule has 166 valence electrons. The molecule has 0 fully saturated rings. The second-order valence-corrected chi connectivity index (χ2v) is 6.83. The number of fused-ring (bicyclic) bond motifs is 1. The molecular weight excluding hydrogens is 429 g/mol. The second kappa shape index (κ2) is 9.18. The number of nitrogens with zero attached hydrogens (tertiary/aromatic N) is 2. The van der Waals surface area contributed by atoms with Gasteiger partial charge in [-0.2, -0.15) is 0 Å². The maximum atomic E-state index is 13.3. The van der Waals surface area contributed by atoms with Crippen molar-refractivity contribution < 1.29 is 23.1 Å². The molecule has 2 heterocycles. The average Bonchev–Trinajstić information content (AvgIpc) is 2.82. The topological polar surface area (TPSA) is 132 Å². The molecule has 0 aliphatic heterocycles. The zero-order valence-electron chi connectivity index (χ0n) is 17.3. The monoisotopic (exact) mass is 447 g/mol. The fourth-order valence-electron chi connectivity index (χ4n) is 3.02. The number of amides is 2. The Bertz CT molecular complexity index is 1420. The minimum absolute atomic E-state index is 0.0609. The van der Waals surface area contributed by atoms with E-state index < -0.39 is 17.6 Å². The predicted octanol–water partition coefficient (Wildman–Crippen LogP) is 3.25. The van der Waals surface area contributed by atoms with Crippen molar-refractivity contribution >= 4 is 34.3 Å². The first-order valence-electron chi connectivity index (χ1n) is 9.68. The zero-order valence-corrected chi connectivity index (χ0v) is 17.3. The largest absolute Gasteiger partial charge is 0.493 e. The molecule has 2 aromatic heterocycles. The van der Waals surface area contributed by atoms with Crippen LogP contribution in [0.3, 0.4) is 0 Å². The number of carbonyl (C=O) groups excluding carboxylic acids is 2. The van der Waals surface area contributed by atoms with Gasteiger partial charge in [0.05, 0.1) is 12.7 Å². The number of methoxy groups -OCH3 is 1. The smallest absolute Gasteiger partial charge is 0.257 e. The Kier molecular flexibility index (Phi) is 5.98. The summed E-state index contributed by atoms with van der Waals surface area (Å²) in [5.74, 6) is -0.889.